The molecule has 0 aromatic rings. The molecule has 22 heavy (non-hydrogen) atoms. The molecule has 0 aromatic carbocycles. The third kappa shape index (κ3) is 4.47. The minimum atomic E-state index is -0.505. The molecule has 2 atom stereocenters. The van der Waals surface area contributed by atoms with Gasteiger partial charge >= 0.3 is 11.9 Å². The molecule has 0 fully saturated rings. The predicted octanol–water partition coefficient (Wildman–Crippen LogP) is 4.22. The number of hydrogen-bond donors (Lipinski definition) is 0. The highest BCUT2D eigenvalue weighted by Crippen LogP contribution is 2.48. The molecule has 0 bridgehead atoms. The predicted molar refractivity (Wildman–Crippen MR) is 88.4 cm³/mol. The van der Waals surface area contributed by atoms with Crippen LogP contribution in [0.3, 0.4) is 0 Å². The Morgan fingerprint density at radius 2 is 1.27 bits per heavy atom. The van der Waals surface area contributed by atoms with Gasteiger partial charge in [0, 0.05) is 0 Å². The first kappa shape index (κ1) is 20.9. The van der Waals surface area contributed by atoms with E-state index < -0.39 is 11.8 Å². The summed E-state index contributed by atoms with van der Waals surface area (Å²) in [5.41, 5.74) is -0.622. The molecule has 0 aliphatic rings. The highest BCUT2D eigenvalue weighted by atomic mass is 16.5. The number of esters is 2. The summed E-state index contributed by atoms with van der Waals surface area (Å²) in [6, 6.07) is 0. The number of methoxy groups -OCH3 is 2. The van der Waals surface area contributed by atoms with E-state index in [1.54, 1.807) is 0 Å². The van der Waals surface area contributed by atoms with E-state index in [1.807, 2.05) is 13.8 Å². The van der Waals surface area contributed by atoms with Gasteiger partial charge in [-0.3, -0.25) is 9.59 Å². The lowest BCUT2D eigenvalue weighted by molar-refractivity contribution is -0.170. The molecule has 4 heteroatoms. The topological polar surface area (TPSA) is 52.6 Å². The van der Waals surface area contributed by atoms with Gasteiger partial charge in [-0.15, -0.1) is 0 Å². The molecule has 0 aromatic heterocycles. The van der Waals surface area contributed by atoms with Crippen molar-refractivity contribution in [2.24, 2.45) is 22.7 Å². The molecule has 0 radical (unpaired) electrons. The van der Waals surface area contributed by atoms with Gasteiger partial charge in [0.1, 0.15) is 0 Å². The quantitative estimate of drug-likeness (QED) is 0.598. The van der Waals surface area contributed by atoms with Crippen LogP contribution in [0.4, 0.5) is 0 Å². The lowest BCUT2D eigenvalue weighted by Crippen LogP contribution is -2.48. The summed E-state index contributed by atoms with van der Waals surface area (Å²) >= 11 is 0. The van der Waals surface area contributed by atoms with Gasteiger partial charge in [0.25, 0.3) is 0 Å². The standard InChI is InChI=1S/C18H34O4/c1-9-12-17(4,5)13(15(19)21-7)14(16(20)22-8)18(6,10-2)11-3/h13-14H,9-12H2,1-8H3. The van der Waals surface area contributed by atoms with E-state index in [-0.39, 0.29) is 22.8 Å². The number of rotatable bonds is 9. The van der Waals surface area contributed by atoms with E-state index in [0.29, 0.717) is 0 Å². The van der Waals surface area contributed by atoms with Crippen LogP contribution in [0.15, 0.2) is 0 Å². The molecule has 2 unspecified atom stereocenters. The molecule has 0 rings (SSSR count). The van der Waals surface area contributed by atoms with Crippen molar-refractivity contribution in [2.75, 3.05) is 14.2 Å². The summed E-state index contributed by atoms with van der Waals surface area (Å²) in [7, 11) is 2.78. The van der Waals surface area contributed by atoms with Crippen LogP contribution >= 0.6 is 0 Å². The van der Waals surface area contributed by atoms with Crippen LogP contribution in [0.1, 0.15) is 67.2 Å². The molecule has 0 heterocycles. The number of hydrogen-bond acceptors (Lipinski definition) is 4. The van der Waals surface area contributed by atoms with Crippen molar-refractivity contribution in [1.82, 2.24) is 0 Å². The van der Waals surface area contributed by atoms with Crippen LogP contribution in [0, 0.1) is 22.7 Å². The van der Waals surface area contributed by atoms with Gasteiger partial charge in [-0.2, -0.15) is 0 Å². The van der Waals surface area contributed by atoms with Crippen molar-refractivity contribution < 1.29 is 19.1 Å². The Morgan fingerprint density at radius 3 is 1.59 bits per heavy atom. The Labute approximate surface area is 135 Å². The summed E-state index contributed by atoms with van der Waals surface area (Å²) in [4.78, 5) is 25.1. The second kappa shape index (κ2) is 8.54. The highest BCUT2D eigenvalue weighted by molar-refractivity contribution is 5.83. The smallest absolute Gasteiger partial charge is 0.310 e. The lowest BCUT2D eigenvalue weighted by atomic mass is 9.59. The molecule has 0 spiro atoms. The van der Waals surface area contributed by atoms with Gasteiger partial charge in [0.2, 0.25) is 0 Å². The van der Waals surface area contributed by atoms with Gasteiger partial charge in [-0.05, 0) is 30.1 Å². The van der Waals surface area contributed by atoms with E-state index in [4.69, 9.17) is 9.47 Å². The normalized spacial score (nSPS) is 15.1. The van der Waals surface area contributed by atoms with Crippen LogP contribution in [0.2, 0.25) is 0 Å². The molecule has 0 aliphatic heterocycles. The van der Waals surface area contributed by atoms with E-state index in [1.165, 1.54) is 14.2 Å². The average molecular weight is 314 g/mol. The molecule has 0 N–H and O–H groups in total. The minimum absolute atomic E-state index is 0.295. The van der Waals surface area contributed by atoms with Crippen LogP contribution in [-0.4, -0.2) is 26.2 Å². The molecule has 0 amide bonds. The zero-order valence-electron chi connectivity index (χ0n) is 15.6. The second-order valence-electron chi connectivity index (χ2n) is 7.10. The molecular weight excluding hydrogens is 280 g/mol. The maximum atomic E-state index is 12.6. The Kier molecular flexibility index (Phi) is 8.13. The Balaban J connectivity index is 6.07. The second-order valence-corrected chi connectivity index (χ2v) is 7.10. The third-order valence-corrected chi connectivity index (χ3v) is 5.35. The summed E-state index contributed by atoms with van der Waals surface area (Å²) in [5.74, 6) is -1.64. The molecule has 130 valence electrons. The maximum Gasteiger partial charge on any atom is 0.310 e. The average Bonchev–Trinajstić information content (AvgIpc) is 2.49. The van der Waals surface area contributed by atoms with Crippen LogP contribution in [0.25, 0.3) is 0 Å². The largest absolute Gasteiger partial charge is 0.469 e. The van der Waals surface area contributed by atoms with E-state index in [9.17, 15) is 9.59 Å². The van der Waals surface area contributed by atoms with Crippen molar-refractivity contribution in [1.29, 1.82) is 0 Å². The molecule has 4 nitrogen and oxygen atoms in total. The fourth-order valence-corrected chi connectivity index (χ4v) is 3.47. The fraction of sp³-hybridized carbons (Fsp3) is 0.889. The summed E-state index contributed by atoms with van der Waals surface area (Å²) < 4.78 is 10.1. The Bertz CT molecular complexity index is 369. The summed E-state index contributed by atoms with van der Waals surface area (Å²) in [6.07, 6.45) is 3.41. The maximum absolute atomic E-state index is 12.6. The van der Waals surface area contributed by atoms with Crippen molar-refractivity contribution in [2.45, 2.75) is 67.2 Å². The first-order valence-corrected chi connectivity index (χ1v) is 8.30. The van der Waals surface area contributed by atoms with E-state index >= 15 is 0 Å². The third-order valence-electron chi connectivity index (χ3n) is 5.35. The van der Waals surface area contributed by atoms with Gasteiger partial charge < -0.3 is 9.47 Å². The Morgan fingerprint density at radius 1 is 0.864 bits per heavy atom. The number of carbonyl (C=O) groups is 2. The number of carbonyl (C=O) groups excluding carboxylic acids is 2. The van der Waals surface area contributed by atoms with Gasteiger partial charge in [0.15, 0.2) is 0 Å². The van der Waals surface area contributed by atoms with Gasteiger partial charge in [-0.25, -0.2) is 0 Å². The van der Waals surface area contributed by atoms with Crippen LogP contribution < -0.4 is 0 Å². The van der Waals surface area contributed by atoms with Crippen molar-refractivity contribution >= 4 is 11.9 Å². The van der Waals surface area contributed by atoms with Gasteiger partial charge in [-0.1, -0.05) is 48.0 Å². The fourth-order valence-electron chi connectivity index (χ4n) is 3.47. The summed E-state index contributed by atoms with van der Waals surface area (Å²) in [5, 5.41) is 0. The zero-order chi connectivity index (χ0) is 17.6. The van der Waals surface area contributed by atoms with Crippen molar-refractivity contribution in [3.8, 4) is 0 Å². The van der Waals surface area contributed by atoms with Crippen LogP contribution in [0.5, 0.6) is 0 Å². The zero-order valence-corrected chi connectivity index (χ0v) is 15.6. The minimum Gasteiger partial charge on any atom is -0.469 e. The van der Waals surface area contributed by atoms with E-state index in [2.05, 4.69) is 27.7 Å². The van der Waals surface area contributed by atoms with Gasteiger partial charge in [0.05, 0.1) is 26.1 Å². The lowest BCUT2D eigenvalue weighted by Gasteiger charge is -2.44. The first-order chi connectivity index (χ1) is 10.1. The van der Waals surface area contributed by atoms with Crippen molar-refractivity contribution in [3.05, 3.63) is 0 Å². The molecule has 0 saturated heterocycles. The Hall–Kier alpha value is -1.06. The molecule has 0 saturated carbocycles. The van der Waals surface area contributed by atoms with Crippen LogP contribution in [-0.2, 0) is 19.1 Å². The first-order valence-electron chi connectivity index (χ1n) is 8.30. The van der Waals surface area contributed by atoms with Crippen molar-refractivity contribution in [3.63, 3.8) is 0 Å². The summed E-state index contributed by atoms with van der Waals surface area (Å²) in [6.45, 7) is 12.3. The molecular formula is C18H34O4. The number of ether oxygens (including phenoxy) is 2. The molecule has 0 aliphatic carbocycles. The van der Waals surface area contributed by atoms with E-state index in [0.717, 1.165) is 25.7 Å². The highest BCUT2D eigenvalue weighted by Gasteiger charge is 2.51. The SMILES string of the molecule is CCCC(C)(C)C(C(=O)OC)C(C(=O)OC)C(C)(CC)CC. The monoisotopic (exact) mass is 314 g/mol.